The fourth-order valence-electron chi connectivity index (χ4n) is 3.24. The molecule has 0 bridgehead atoms. The Labute approximate surface area is 176 Å². The predicted molar refractivity (Wildman–Crippen MR) is 106 cm³/mol. The van der Waals surface area contributed by atoms with Gasteiger partial charge < -0.3 is 15.4 Å². The number of nitrogens with one attached hydrogen (secondary N) is 2. The van der Waals surface area contributed by atoms with Crippen molar-refractivity contribution >= 4 is 17.3 Å². The Kier molecular flexibility index (Phi) is 6.77. The van der Waals surface area contributed by atoms with E-state index in [9.17, 15) is 22.0 Å². The standard InChI is InChI=1S/C21H21ClF5N2O/c1-13(20(23,24)21(25,26)27)30-16-5-2-14(3-6-16)12-29-19-17-9-11-28-10-8-15(17)4-7-18(19)22/h2-7,28-29H,8-12H2,1H3. The number of hydrogen-bond donors (Lipinski definition) is 2. The molecule has 2 N–H and O–H groups in total. The molecule has 0 unspecified atom stereocenters. The molecule has 0 spiro atoms. The third kappa shape index (κ3) is 4.98. The highest BCUT2D eigenvalue weighted by Crippen LogP contribution is 2.43. The van der Waals surface area contributed by atoms with Crippen molar-refractivity contribution in [2.24, 2.45) is 0 Å². The molecule has 2 aromatic rings. The van der Waals surface area contributed by atoms with Crippen LogP contribution >= 0.6 is 11.6 Å². The van der Waals surface area contributed by atoms with Gasteiger partial charge in [0.15, 0.2) is 0 Å². The van der Waals surface area contributed by atoms with E-state index in [0.29, 0.717) is 18.5 Å². The van der Waals surface area contributed by atoms with Crippen molar-refractivity contribution in [2.75, 3.05) is 18.4 Å². The van der Waals surface area contributed by atoms with Gasteiger partial charge in [-0.2, -0.15) is 22.0 Å². The molecule has 1 heterocycles. The van der Waals surface area contributed by atoms with Crippen LogP contribution < -0.4 is 15.4 Å². The van der Waals surface area contributed by atoms with Gasteiger partial charge in [0.1, 0.15) is 5.75 Å². The van der Waals surface area contributed by atoms with E-state index >= 15 is 0 Å². The van der Waals surface area contributed by atoms with Gasteiger partial charge in [-0.25, -0.2) is 0 Å². The molecule has 0 saturated carbocycles. The minimum Gasteiger partial charge on any atom is -0.476 e. The molecule has 1 aliphatic rings. The van der Waals surface area contributed by atoms with Gasteiger partial charge in [0, 0.05) is 6.54 Å². The highest BCUT2D eigenvalue weighted by molar-refractivity contribution is 6.33. The van der Waals surface area contributed by atoms with Crippen molar-refractivity contribution in [3.63, 3.8) is 0 Å². The Balaban J connectivity index is 1.66. The number of fused-ring (bicyclic) bond motifs is 1. The van der Waals surface area contributed by atoms with Gasteiger partial charge in [-0.05, 0) is 67.7 Å². The average Bonchev–Trinajstić information content (AvgIpc) is 2.93. The summed E-state index contributed by atoms with van der Waals surface area (Å²) in [5.74, 6) is -5.12. The van der Waals surface area contributed by atoms with Crippen molar-refractivity contribution in [2.45, 2.75) is 38.4 Å². The van der Waals surface area contributed by atoms with Crippen molar-refractivity contribution < 1.29 is 26.7 Å². The molecule has 30 heavy (non-hydrogen) atoms. The summed E-state index contributed by atoms with van der Waals surface area (Å²) >= 11 is 6.37. The minimum absolute atomic E-state index is 0.0992. The number of ether oxygens (including phenoxy) is 1. The quantitative estimate of drug-likeness (QED) is 0.552. The van der Waals surface area contributed by atoms with Gasteiger partial charge in [-0.15, -0.1) is 0 Å². The fourth-order valence-corrected chi connectivity index (χ4v) is 3.48. The molecule has 0 fully saturated rings. The lowest BCUT2D eigenvalue weighted by Crippen LogP contribution is -2.43. The Morgan fingerprint density at radius 3 is 2.37 bits per heavy atom. The monoisotopic (exact) mass is 447 g/mol. The van der Waals surface area contributed by atoms with Gasteiger partial charge in [0.05, 0.1) is 10.7 Å². The van der Waals surface area contributed by atoms with E-state index in [0.717, 1.165) is 42.7 Å². The number of alkyl halides is 5. The smallest absolute Gasteiger partial charge is 0.457 e. The fraction of sp³-hybridized carbons (Fsp3) is 0.381. The summed E-state index contributed by atoms with van der Waals surface area (Å²) in [5.41, 5.74) is 4.04. The van der Waals surface area contributed by atoms with Crippen molar-refractivity contribution in [1.82, 2.24) is 5.32 Å². The largest absolute Gasteiger partial charge is 0.476 e. The van der Waals surface area contributed by atoms with Crippen molar-refractivity contribution in [3.05, 3.63) is 64.2 Å². The predicted octanol–water partition coefficient (Wildman–Crippen LogP) is 5.77. The lowest BCUT2D eigenvalue weighted by Gasteiger charge is -2.25. The number of hydrogen-bond acceptors (Lipinski definition) is 3. The summed E-state index contributed by atoms with van der Waals surface area (Å²) < 4.78 is 68.6. The molecule has 0 saturated heterocycles. The molecule has 9 heteroatoms. The van der Waals surface area contributed by atoms with E-state index in [1.165, 1.54) is 17.7 Å². The lowest BCUT2D eigenvalue weighted by atomic mass is 10.0. The molecule has 3 rings (SSSR count). The molecule has 0 atom stereocenters. The molecule has 163 valence electrons. The van der Waals surface area contributed by atoms with Gasteiger partial charge in [-0.3, -0.25) is 0 Å². The van der Waals surface area contributed by atoms with E-state index in [2.05, 4.69) is 10.6 Å². The first-order valence-electron chi connectivity index (χ1n) is 9.40. The van der Waals surface area contributed by atoms with Crippen LogP contribution in [0.4, 0.5) is 27.6 Å². The summed E-state index contributed by atoms with van der Waals surface area (Å²) in [6.07, 6.45) is -5.38. The van der Waals surface area contributed by atoms with Gasteiger partial charge in [0.25, 0.3) is 0 Å². The van der Waals surface area contributed by atoms with Gasteiger partial charge in [-0.1, -0.05) is 29.8 Å². The topological polar surface area (TPSA) is 33.3 Å². The third-order valence-electron chi connectivity index (χ3n) is 4.94. The van der Waals surface area contributed by atoms with Crippen LogP contribution in [0, 0.1) is 6.10 Å². The number of benzene rings is 2. The van der Waals surface area contributed by atoms with Crippen LogP contribution in [0.2, 0.25) is 5.02 Å². The van der Waals surface area contributed by atoms with E-state index in [-0.39, 0.29) is 5.75 Å². The molecular formula is C21H21ClF5N2O. The normalized spacial score (nSPS) is 14.9. The Morgan fingerprint density at radius 1 is 1.03 bits per heavy atom. The first kappa shape index (κ1) is 22.6. The zero-order valence-corrected chi connectivity index (χ0v) is 16.9. The highest BCUT2D eigenvalue weighted by atomic mass is 35.5. The van der Waals surface area contributed by atoms with Crippen LogP contribution in [-0.4, -0.2) is 25.2 Å². The summed E-state index contributed by atoms with van der Waals surface area (Å²) in [5, 5.41) is 7.27. The number of halogens is 6. The maximum Gasteiger partial charge on any atom is 0.457 e. The van der Waals surface area contributed by atoms with Crippen LogP contribution in [0.15, 0.2) is 36.4 Å². The first-order valence-corrected chi connectivity index (χ1v) is 9.77. The second-order valence-electron chi connectivity index (χ2n) is 7.04. The lowest BCUT2D eigenvalue weighted by molar-refractivity contribution is -0.285. The number of rotatable bonds is 6. The molecule has 0 amide bonds. The molecule has 2 aromatic carbocycles. The SMILES string of the molecule is C[C](Oc1ccc(CNc2c(Cl)ccc3c2CCNCC3)cc1)C(F)(F)C(F)(F)F. The minimum atomic E-state index is -5.70. The molecule has 1 aliphatic heterocycles. The Morgan fingerprint density at radius 2 is 1.70 bits per heavy atom. The zero-order chi connectivity index (χ0) is 21.9. The van der Waals surface area contributed by atoms with Gasteiger partial charge >= 0.3 is 12.1 Å². The maximum absolute atomic E-state index is 13.3. The molecule has 0 aromatic heterocycles. The van der Waals surface area contributed by atoms with Crippen molar-refractivity contribution in [1.29, 1.82) is 0 Å². The molecule has 3 nitrogen and oxygen atoms in total. The van der Waals surface area contributed by atoms with E-state index < -0.39 is 18.2 Å². The summed E-state index contributed by atoms with van der Waals surface area (Å²) in [6.45, 7) is 2.78. The third-order valence-corrected chi connectivity index (χ3v) is 5.26. The van der Waals surface area contributed by atoms with Crippen LogP contribution in [-0.2, 0) is 19.4 Å². The summed E-state index contributed by atoms with van der Waals surface area (Å²) in [4.78, 5) is 0. The van der Waals surface area contributed by atoms with Gasteiger partial charge in [0.2, 0.25) is 6.10 Å². The summed E-state index contributed by atoms with van der Waals surface area (Å²) in [6, 6.07) is 9.77. The van der Waals surface area contributed by atoms with E-state index in [1.54, 1.807) is 12.1 Å². The molecular weight excluding hydrogens is 427 g/mol. The Hall–Kier alpha value is -2.06. The van der Waals surface area contributed by atoms with E-state index in [4.69, 9.17) is 16.3 Å². The summed E-state index contributed by atoms with van der Waals surface area (Å²) in [7, 11) is 0. The van der Waals surface area contributed by atoms with Crippen LogP contribution in [0.1, 0.15) is 23.6 Å². The molecule has 0 aliphatic carbocycles. The zero-order valence-electron chi connectivity index (χ0n) is 16.2. The van der Waals surface area contributed by atoms with Crippen LogP contribution in [0.3, 0.4) is 0 Å². The Bertz CT molecular complexity index is 871. The average molecular weight is 448 g/mol. The number of anilines is 1. The highest BCUT2D eigenvalue weighted by Gasteiger charge is 2.63. The van der Waals surface area contributed by atoms with E-state index in [1.807, 2.05) is 12.1 Å². The maximum atomic E-state index is 13.3. The van der Waals surface area contributed by atoms with Crippen LogP contribution in [0.25, 0.3) is 0 Å². The van der Waals surface area contributed by atoms with Crippen molar-refractivity contribution in [3.8, 4) is 5.75 Å². The second kappa shape index (κ2) is 8.98. The first-order chi connectivity index (χ1) is 14.1. The van der Waals surface area contributed by atoms with Crippen LogP contribution in [0.5, 0.6) is 5.75 Å². The molecule has 1 radical (unpaired) electrons. The second-order valence-corrected chi connectivity index (χ2v) is 7.45.